The molecule has 0 fully saturated rings. The molecule has 15 heavy (non-hydrogen) atoms. The molecule has 0 saturated carbocycles. The largest absolute Gasteiger partial charge is 0.469 e. The number of nitrogens with zero attached hydrogens (tertiary/aromatic N) is 1. The average Bonchev–Trinajstić information content (AvgIpc) is 2.84. The van der Waals surface area contributed by atoms with Gasteiger partial charge in [0.1, 0.15) is 5.76 Å². The zero-order valence-corrected chi connectivity index (χ0v) is 9.43. The van der Waals surface area contributed by atoms with Gasteiger partial charge in [0.25, 0.3) is 0 Å². The molecule has 0 aliphatic rings. The Bertz CT molecular complexity index is 484. The maximum atomic E-state index is 12.0. The minimum Gasteiger partial charge on any atom is -0.469 e. The van der Waals surface area contributed by atoms with Crippen LogP contribution in [-0.4, -0.2) is 10.2 Å². The fourth-order valence-electron chi connectivity index (χ4n) is 1.42. The third-order valence-electron chi connectivity index (χ3n) is 2.16. The zero-order valence-electron chi connectivity index (χ0n) is 8.61. The van der Waals surface area contributed by atoms with Gasteiger partial charge in [-0.1, -0.05) is 6.92 Å². The first-order valence-electron chi connectivity index (χ1n) is 4.76. The van der Waals surface area contributed by atoms with Crippen molar-refractivity contribution in [1.29, 1.82) is 0 Å². The Morgan fingerprint density at radius 1 is 1.60 bits per heavy atom. The van der Waals surface area contributed by atoms with Gasteiger partial charge < -0.3 is 4.42 Å². The molecule has 0 aliphatic carbocycles. The SMILES string of the molecule is CCc1occc1C(=O)c1cc(C)ns1. The van der Waals surface area contributed by atoms with E-state index in [9.17, 15) is 4.79 Å². The summed E-state index contributed by atoms with van der Waals surface area (Å²) in [6.07, 6.45) is 2.28. The second-order valence-electron chi connectivity index (χ2n) is 3.27. The first-order chi connectivity index (χ1) is 7.22. The highest BCUT2D eigenvalue weighted by Gasteiger charge is 2.17. The van der Waals surface area contributed by atoms with Crippen molar-refractivity contribution < 1.29 is 9.21 Å². The molecular formula is C11H11NO2S. The van der Waals surface area contributed by atoms with E-state index in [1.807, 2.05) is 13.8 Å². The Labute approximate surface area is 91.9 Å². The first kappa shape index (κ1) is 10.1. The van der Waals surface area contributed by atoms with E-state index in [1.54, 1.807) is 18.4 Å². The van der Waals surface area contributed by atoms with Crippen molar-refractivity contribution in [2.75, 3.05) is 0 Å². The third-order valence-corrected chi connectivity index (χ3v) is 3.04. The van der Waals surface area contributed by atoms with Crippen LogP contribution in [0.1, 0.15) is 33.6 Å². The van der Waals surface area contributed by atoms with Crippen molar-refractivity contribution in [3.63, 3.8) is 0 Å². The Hall–Kier alpha value is -1.42. The quantitative estimate of drug-likeness (QED) is 0.748. The highest BCUT2D eigenvalue weighted by molar-refractivity contribution is 7.08. The highest BCUT2D eigenvalue weighted by atomic mass is 32.1. The van der Waals surface area contributed by atoms with Gasteiger partial charge in [-0.05, 0) is 30.6 Å². The van der Waals surface area contributed by atoms with Crippen molar-refractivity contribution in [2.45, 2.75) is 20.3 Å². The van der Waals surface area contributed by atoms with Crippen molar-refractivity contribution >= 4 is 17.3 Å². The monoisotopic (exact) mass is 221 g/mol. The van der Waals surface area contributed by atoms with Crippen molar-refractivity contribution in [2.24, 2.45) is 0 Å². The fourth-order valence-corrected chi connectivity index (χ4v) is 2.13. The summed E-state index contributed by atoms with van der Waals surface area (Å²) in [7, 11) is 0. The summed E-state index contributed by atoms with van der Waals surface area (Å²) in [4.78, 5) is 12.7. The Kier molecular flexibility index (Phi) is 2.68. The fraction of sp³-hybridized carbons (Fsp3) is 0.273. The Morgan fingerprint density at radius 3 is 3.00 bits per heavy atom. The van der Waals surface area contributed by atoms with Crippen LogP contribution in [0, 0.1) is 6.92 Å². The van der Waals surface area contributed by atoms with Crippen LogP contribution < -0.4 is 0 Å². The van der Waals surface area contributed by atoms with Gasteiger partial charge in [0.2, 0.25) is 5.78 Å². The van der Waals surface area contributed by atoms with Crippen molar-refractivity contribution in [1.82, 2.24) is 4.37 Å². The smallest absolute Gasteiger partial charge is 0.208 e. The molecule has 2 aromatic rings. The van der Waals surface area contributed by atoms with E-state index < -0.39 is 0 Å². The van der Waals surface area contributed by atoms with E-state index >= 15 is 0 Å². The number of aromatic nitrogens is 1. The molecule has 0 aliphatic heterocycles. The summed E-state index contributed by atoms with van der Waals surface area (Å²) in [5.74, 6) is 0.747. The van der Waals surface area contributed by atoms with Gasteiger partial charge in [0.15, 0.2) is 0 Å². The second-order valence-corrected chi connectivity index (χ2v) is 4.08. The van der Waals surface area contributed by atoms with Crippen LogP contribution >= 0.6 is 11.5 Å². The topological polar surface area (TPSA) is 43.1 Å². The Morgan fingerprint density at radius 2 is 2.40 bits per heavy atom. The molecule has 0 bridgehead atoms. The Balaban J connectivity index is 2.36. The molecule has 0 N–H and O–H groups in total. The normalized spacial score (nSPS) is 10.5. The van der Waals surface area contributed by atoms with Gasteiger partial charge in [0, 0.05) is 6.42 Å². The second kappa shape index (κ2) is 3.98. The molecule has 0 amide bonds. The molecule has 0 aromatic carbocycles. The molecule has 3 nitrogen and oxygen atoms in total. The average molecular weight is 221 g/mol. The van der Waals surface area contributed by atoms with Crippen LogP contribution in [0.2, 0.25) is 0 Å². The molecule has 0 unspecified atom stereocenters. The van der Waals surface area contributed by atoms with Gasteiger partial charge >= 0.3 is 0 Å². The van der Waals surface area contributed by atoms with Crippen molar-refractivity contribution in [3.8, 4) is 0 Å². The van der Waals surface area contributed by atoms with E-state index in [1.165, 1.54) is 11.5 Å². The summed E-state index contributed by atoms with van der Waals surface area (Å²) in [5, 5.41) is 0. The lowest BCUT2D eigenvalue weighted by Crippen LogP contribution is -1.99. The molecule has 0 atom stereocenters. The number of hydrogen-bond acceptors (Lipinski definition) is 4. The van der Waals surface area contributed by atoms with Crippen LogP contribution in [0.25, 0.3) is 0 Å². The maximum absolute atomic E-state index is 12.0. The van der Waals surface area contributed by atoms with E-state index in [2.05, 4.69) is 4.37 Å². The van der Waals surface area contributed by atoms with Gasteiger partial charge in [0.05, 0.1) is 22.4 Å². The molecule has 2 rings (SSSR count). The molecule has 2 aromatic heterocycles. The number of furan rings is 1. The molecular weight excluding hydrogens is 210 g/mol. The number of rotatable bonds is 3. The number of ketones is 1. The number of carbonyl (C=O) groups excluding carboxylic acids is 1. The van der Waals surface area contributed by atoms with Crippen molar-refractivity contribution in [3.05, 3.63) is 40.3 Å². The minimum absolute atomic E-state index is 0.00574. The molecule has 2 heterocycles. The lowest BCUT2D eigenvalue weighted by molar-refractivity contribution is 0.104. The molecule has 0 radical (unpaired) electrons. The van der Waals surface area contributed by atoms with E-state index in [4.69, 9.17) is 4.42 Å². The zero-order chi connectivity index (χ0) is 10.8. The van der Waals surface area contributed by atoms with Crippen LogP contribution in [0.5, 0.6) is 0 Å². The lowest BCUT2D eigenvalue weighted by atomic mass is 10.1. The van der Waals surface area contributed by atoms with E-state index in [0.29, 0.717) is 10.4 Å². The van der Waals surface area contributed by atoms with Gasteiger partial charge in [-0.2, -0.15) is 4.37 Å². The van der Waals surface area contributed by atoms with Crippen LogP contribution in [0.4, 0.5) is 0 Å². The minimum atomic E-state index is 0.00574. The van der Waals surface area contributed by atoms with Crippen LogP contribution in [0.15, 0.2) is 22.8 Å². The molecule has 0 spiro atoms. The number of aryl methyl sites for hydroxylation is 2. The standard InChI is InChI=1S/C11H11NO2S/c1-3-9-8(4-5-14-9)11(13)10-6-7(2)12-15-10/h4-6H,3H2,1-2H3. The molecule has 78 valence electrons. The van der Waals surface area contributed by atoms with Crippen LogP contribution in [-0.2, 0) is 6.42 Å². The van der Waals surface area contributed by atoms with Gasteiger partial charge in [-0.25, -0.2) is 0 Å². The lowest BCUT2D eigenvalue weighted by Gasteiger charge is -1.95. The van der Waals surface area contributed by atoms with Gasteiger partial charge in [-0.3, -0.25) is 4.79 Å². The van der Waals surface area contributed by atoms with E-state index in [-0.39, 0.29) is 5.78 Å². The highest BCUT2D eigenvalue weighted by Crippen LogP contribution is 2.19. The summed E-state index contributed by atoms with van der Waals surface area (Å²) >= 11 is 1.23. The summed E-state index contributed by atoms with van der Waals surface area (Å²) in [6.45, 7) is 3.84. The summed E-state index contributed by atoms with van der Waals surface area (Å²) in [6, 6.07) is 3.52. The summed E-state index contributed by atoms with van der Waals surface area (Å²) < 4.78 is 9.32. The maximum Gasteiger partial charge on any atom is 0.208 e. The predicted molar refractivity (Wildman–Crippen MR) is 58.4 cm³/mol. The third kappa shape index (κ3) is 1.85. The number of carbonyl (C=O) groups is 1. The molecule has 0 saturated heterocycles. The predicted octanol–water partition coefficient (Wildman–Crippen LogP) is 2.84. The molecule has 4 heteroatoms. The first-order valence-corrected chi connectivity index (χ1v) is 5.54. The van der Waals surface area contributed by atoms with Gasteiger partial charge in [-0.15, -0.1) is 0 Å². The summed E-state index contributed by atoms with van der Waals surface area (Å²) in [5.41, 5.74) is 1.53. The van der Waals surface area contributed by atoms with E-state index in [0.717, 1.165) is 17.9 Å². The van der Waals surface area contributed by atoms with Crippen LogP contribution in [0.3, 0.4) is 0 Å². The number of hydrogen-bond donors (Lipinski definition) is 0.